The van der Waals surface area contributed by atoms with Crippen molar-refractivity contribution in [3.8, 4) is 0 Å². The molecule has 1 aliphatic rings. The number of halogens is 1. The Morgan fingerprint density at radius 3 is 3.15 bits per heavy atom. The number of aromatic nitrogens is 2. The normalized spacial score (nSPS) is 15.3. The van der Waals surface area contributed by atoms with Gasteiger partial charge >= 0.3 is 0 Å². The van der Waals surface area contributed by atoms with Crippen LogP contribution in [-0.2, 0) is 25.8 Å². The molecule has 3 nitrogen and oxygen atoms in total. The minimum absolute atomic E-state index is 0.167. The number of aromatic amines is 1. The Balaban J connectivity index is 1.55. The number of fused-ring (bicyclic) bond motifs is 1. The average molecular weight is 273 g/mol. The van der Waals surface area contributed by atoms with Crippen LogP contribution in [0.5, 0.6) is 0 Å². The lowest BCUT2D eigenvalue weighted by Gasteiger charge is -2.13. The topological polar surface area (TPSA) is 40.7 Å². The van der Waals surface area contributed by atoms with Crippen molar-refractivity contribution in [2.75, 3.05) is 0 Å². The van der Waals surface area contributed by atoms with Gasteiger partial charge in [-0.2, -0.15) is 5.10 Å². The van der Waals surface area contributed by atoms with Gasteiger partial charge in [-0.25, -0.2) is 4.39 Å². The van der Waals surface area contributed by atoms with Gasteiger partial charge in [-0.05, 0) is 55.9 Å². The second-order valence-corrected chi connectivity index (χ2v) is 5.60. The van der Waals surface area contributed by atoms with E-state index in [0.717, 1.165) is 37.1 Å². The first kappa shape index (κ1) is 13.3. The van der Waals surface area contributed by atoms with E-state index in [9.17, 15) is 4.39 Å². The molecule has 0 fully saturated rings. The summed E-state index contributed by atoms with van der Waals surface area (Å²) in [6.07, 6.45) is 4.32. The molecule has 1 atom stereocenters. The summed E-state index contributed by atoms with van der Waals surface area (Å²) in [5, 5.41) is 11.0. The van der Waals surface area contributed by atoms with Gasteiger partial charge in [0.15, 0.2) is 0 Å². The van der Waals surface area contributed by atoms with Gasteiger partial charge in [0.05, 0.1) is 5.69 Å². The maximum atomic E-state index is 13.1. The van der Waals surface area contributed by atoms with Gasteiger partial charge in [-0.3, -0.25) is 5.10 Å². The minimum atomic E-state index is -0.167. The molecule has 1 aromatic carbocycles. The third-order valence-electron chi connectivity index (χ3n) is 3.94. The highest BCUT2D eigenvalue weighted by Gasteiger charge is 2.18. The molecule has 20 heavy (non-hydrogen) atoms. The summed E-state index contributed by atoms with van der Waals surface area (Å²) in [7, 11) is 0. The molecule has 2 N–H and O–H groups in total. The van der Waals surface area contributed by atoms with Crippen molar-refractivity contribution in [2.45, 2.75) is 45.2 Å². The number of hydrogen-bond donors (Lipinski definition) is 2. The Labute approximate surface area is 118 Å². The van der Waals surface area contributed by atoms with Crippen LogP contribution in [0, 0.1) is 5.82 Å². The number of nitrogens with zero attached hydrogens (tertiary/aromatic N) is 1. The third-order valence-corrected chi connectivity index (χ3v) is 3.94. The SMILES string of the molecule is C[C@H](Cc1cccc(F)c1)NCc1n[nH]c2c1CCC2. The molecule has 0 amide bonds. The van der Waals surface area contributed by atoms with Gasteiger partial charge in [0.1, 0.15) is 5.82 Å². The quantitative estimate of drug-likeness (QED) is 0.879. The predicted octanol–water partition coefficient (Wildman–Crippen LogP) is 2.76. The number of nitrogens with one attached hydrogen (secondary N) is 2. The maximum Gasteiger partial charge on any atom is 0.123 e. The first-order chi connectivity index (χ1) is 9.72. The van der Waals surface area contributed by atoms with E-state index in [2.05, 4.69) is 22.4 Å². The number of H-pyrrole nitrogens is 1. The summed E-state index contributed by atoms with van der Waals surface area (Å²) < 4.78 is 13.1. The van der Waals surface area contributed by atoms with Gasteiger partial charge in [0.2, 0.25) is 0 Å². The minimum Gasteiger partial charge on any atom is -0.308 e. The lowest BCUT2D eigenvalue weighted by Crippen LogP contribution is -2.28. The Morgan fingerprint density at radius 2 is 2.30 bits per heavy atom. The van der Waals surface area contributed by atoms with Crippen molar-refractivity contribution in [3.63, 3.8) is 0 Å². The number of rotatable bonds is 5. The molecule has 106 valence electrons. The first-order valence-corrected chi connectivity index (χ1v) is 7.25. The monoisotopic (exact) mass is 273 g/mol. The summed E-state index contributed by atoms with van der Waals surface area (Å²) in [5.41, 5.74) is 4.87. The van der Waals surface area contributed by atoms with Crippen molar-refractivity contribution >= 4 is 0 Å². The van der Waals surface area contributed by atoms with Gasteiger partial charge in [0, 0.05) is 18.3 Å². The lowest BCUT2D eigenvalue weighted by molar-refractivity contribution is 0.535. The first-order valence-electron chi connectivity index (χ1n) is 7.25. The standard InChI is InChI=1S/C16H20FN3/c1-11(8-12-4-2-5-13(17)9-12)18-10-16-14-6-3-7-15(14)19-20-16/h2,4-5,9,11,18H,3,6-8,10H2,1H3,(H,19,20)/t11-/m1/s1. The fourth-order valence-electron chi connectivity index (χ4n) is 2.89. The van der Waals surface area contributed by atoms with E-state index >= 15 is 0 Å². The molecule has 1 heterocycles. The highest BCUT2D eigenvalue weighted by Crippen LogP contribution is 2.22. The van der Waals surface area contributed by atoms with E-state index in [1.165, 1.54) is 23.7 Å². The summed E-state index contributed by atoms with van der Waals surface area (Å²) in [6.45, 7) is 2.90. The van der Waals surface area contributed by atoms with Crippen LogP contribution in [0.3, 0.4) is 0 Å². The molecule has 0 saturated heterocycles. The van der Waals surface area contributed by atoms with Crippen molar-refractivity contribution in [1.29, 1.82) is 0 Å². The van der Waals surface area contributed by atoms with Crippen LogP contribution >= 0.6 is 0 Å². The van der Waals surface area contributed by atoms with E-state index in [0.29, 0.717) is 6.04 Å². The van der Waals surface area contributed by atoms with E-state index in [1.807, 2.05) is 6.07 Å². The van der Waals surface area contributed by atoms with Crippen LogP contribution in [0.1, 0.15) is 35.9 Å². The predicted molar refractivity (Wildman–Crippen MR) is 77.0 cm³/mol. The molecule has 0 unspecified atom stereocenters. The molecule has 1 aromatic heterocycles. The highest BCUT2D eigenvalue weighted by molar-refractivity contribution is 5.29. The Morgan fingerprint density at radius 1 is 1.40 bits per heavy atom. The van der Waals surface area contributed by atoms with Gasteiger partial charge in [-0.1, -0.05) is 12.1 Å². The fourth-order valence-corrected chi connectivity index (χ4v) is 2.89. The zero-order valence-corrected chi connectivity index (χ0v) is 11.7. The second kappa shape index (κ2) is 5.75. The van der Waals surface area contributed by atoms with Crippen LogP contribution in [0.4, 0.5) is 4.39 Å². The van der Waals surface area contributed by atoms with Crippen molar-refractivity contribution < 1.29 is 4.39 Å². The largest absolute Gasteiger partial charge is 0.308 e. The zero-order valence-electron chi connectivity index (χ0n) is 11.7. The van der Waals surface area contributed by atoms with E-state index in [-0.39, 0.29) is 5.82 Å². The van der Waals surface area contributed by atoms with E-state index < -0.39 is 0 Å². The zero-order chi connectivity index (χ0) is 13.9. The van der Waals surface area contributed by atoms with Crippen molar-refractivity contribution in [3.05, 3.63) is 52.6 Å². The molecular weight excluding hydrogens is 253 g/mol. The molecule has 0 radical (unpaired) electrons. The van der Waals surface area contributed by atoms with E-state index in [4.69, 9.17) is 0 Å². The van der Waals surface area contributed by atoms with Gasteiger partial charge in [-0.15, -0.1) is 0 Å². The van der Waals surface area contributed by atoms with Gasteiger partial charge in [0.25, 0.3) is 0 Å². The van der Waals surface area contributed by atoms with Gasteiger partial charge < -0.3 is 5.32 Å². The highest BCUT2D eigenvalue weighted by atomic mass is 19.1. The Kier molecular flexibility index (Phi) is 3.83. The van der Waals surface area contributed by atoms with Crippen LogP contribution in [0.15, 0.2) is 24.3 Å². The smallest absolute Gasteiger partial charge is 0.123 e. The van der Waals surface area contributed by atoms with Crippen molar-refractivity contribution in [1.82, 2.24) is 15.5 Å². The maximum absolute atomic E-state index is 13.1. The fraction of sp³-hybridized carbons (Fsp3) is 0.438. The summed E-state index contributed by atoms with van der Waals surface area (Å²) in [4.78, 5) is 0. The van der Waals surface area contributed by atoms with Crippen LogP contribution in [0.2, 0.25) is 0 Å². The summed E-state index contributed by atoms with van der Waals surface area (Å²) in [5.74, 6) is -0.167. The number of hydrogen-bond acceptors (Lipinski definition) is 2. The Hall–Kier alpha value is -1.68. The van der Waals surface area contributed by atoms with Crippen LogP contribution in [-0.4, -0.2) is 16.2 Å². The average Bonchev–Trinajstić information content (AvgIpc) is 2.99. The lowest BCUT2D eigenvalue weighted by atomic mass is 10.1. The molecule has 0 aliphatic heterocycles. The van der Waals surface area contributed by atoms with Crippen molar-refractivity contribution in [2.24, 2.45) is 0 Å². The molecule has 0 saturated carbocycles. The molecule has 3 rings (SSSR count). The third kappa shape index (κ3) is 2.90. The number of benzene rings is 1. The molecule has 1 aliphatic carbocycles. The molecule has 0 spiro atoms. The molecular formula is C16H20FN3. The van der Waals surface area contributed by atoms with Crippen LogP contribution in [0.25, 0.3) is 0 Å². The summed E-state index contributed by atoms with van der Waals surface area (Å²) >= 11 is 0. The van der Waals surface area contributed by atoms with Crippen LogP contribution < -0.4 is 5.32 Å². The molecule has 0 bridgehead atoms. The molecule has 2 aromatic rings. The Bertz CT molecular complexity index is 591. The summed E-state index contributed by atoms with van der Waals surface area (Å²) in [6, 6.07) is 7.11. The number of aryl methyl sites for hydroxylation is 1. The van der Waals surface area contributed by atoms with E-state index in [1.54, 1.807) is 12.1 Å². The second-order valence-electron chi connectivity index (χ2n) is 5.60. The molecule has 4 heteroatoms.